The number of nitrogens with one attached hydrogen (secondary N) is 2. The topological polar surface area (TPSA) is 50.4 Å². The lowest BCUT2D eigenvalue weighted by Crippen LogP contribution is -2.49. The van der Waals surface area contributed by atoms with E-state index in [-0.39, 0.29) is 18.6 Å². The van der Waals surface area contributed by atoms with Gasteiger partial charge in [0.05, 0.1) is 6.10 Å². The molecule has 0 aromatic heterocycles. The molecule has 0 spiro atoms. The van der Waals surface area contributed by atoms with Crippen LogP contribution in [0.1, 0.15) is 12.8 Å². The number of piperidine rings is 1. The minimum atomic E-state index is 0.0139. The van der Waals surface area contributed by atoms with E-state index in [0.717, 1.165) is 13.1 Å². The molecule has 0 aromatic carbocycles. The van der Waals surface area contributed by atoms with Crippen molar-refractivity contribution >= 4 is 5.91 Å². The van der Waals surface area contributed by atoms with Crippen molar-refractivity contribution < 1.29 is 9.53 Å². The summed E-state index contributed by atoms with van der Waals surface area (Å²) in [6.07, 6.45) is 2.66. The molecule has 2 N–H and O–H groups in total. The van der Waals surface area contributed by atoms with Crippen LogP contribution in [0.15, 0.2) is 0 Å². The molecule has 13 heavy (non-hydrogen) atoms. The Kier molecular flexibility index (Phi) is 2.80. The van der Waals surface area contributed by atoms with Gasteiger partial charge in [0.2, 0.25) is 5.91 Å². The summed E-state index contributed by atoms with van der Waals surface area (Å²) in [5.41, 5.74) is 0. The predicted octanol–water partition coefficient (Wildman–Crippen LogP) is -0.499. The van der Waals surface area contributed by atoms with E-state index in [1.165, 1.54) is 12.8 Å². The van der Waals surface area contributed by atoms with E-state index in [2.05, 4.69) is 10.6 Å². The van der Waals surface area contributed by atoms with Crippen molar-refractivity contribution in [3.8, 4) is 0 Å². The Balaban J connectivity index is 1.82. The number of morpholine rings is 1. The summed E-state index contributed by atoms with van der Waals surface area (Å²) in [6.45, 7) is 3.07. The second-order valence-electron chi connectivity index (χ2n) is 3.76. The highest BCUT2D eigenvalue weighted by Crippen LogP contribution is 2.17. The van der Waals surface area contributed by atoms with Crippen molar-refractivity contribution in [2.24, 2.45) is 5.92 Å². The summed E-state index contributed by atoms with van der Waals surface area (Å²) in [7, 11) is 0. The first kappa shape index (κ1) is 8.97. The highest BCUT2D eigenvalue weighted by Gasteiger charge is 2.27. The van der Waals surface area contributed by atoms with Crippen LogP contribution in [0.5, 0.6) is 0 Å². The van der Waals surface area contributed by atoms with Gasteiger partial charge in [-0.25, -0.2) is 0 Å². The fourth-order valence-electron chi connectivity index (χ4n) is 2.01. The predicted molar refractivity (Wildman–Crippen MR) is 48.3 cm³/mol. The largest absolute Gasteiger partial charge is 0.366 e. The molecule has 2 aliphatic rings. The van der Waals surface area contributed by atoms with Crippen LogP contribution in [0.2, 0.25) is 0 Å². The van der Waals surface area contributed by atoms with Crippen LogP contribution in [0, 0.1) is 5.92 Å². The molecule has 0 saturated carbocycles. The molecule has 4 nitrogen and oxygen atoms in total. The molecule has 2 aliphatic heterocycles. The van der Waals surface area contributed by atoms with Gasteiger partial charge in [0, 0.05) is 13.1 Å². The van der Waals surface area contributed by atoms with E-state index >= 15 is 0 Å². The van der Waals surface area contributed by atoms with E-state index in [1.54, 1.807) is 0 Å². The first-order chi connectivity index (χ1) is 6.36. The molecule has 0 bridgehead atoms. The van der Waals surface area contributed by atoms with E-state index in [0.29, 0.717) is 12.5 Å². The molecule has 2 rings (SSSR count). The maximum absolute atomic E-state index is 10.8. The van der Waals surface area contributed by atoms with Gasteiger partial charge in [0.25, 0.3) is 0 Å². The normalized spacial score (nSPS) is 35.5. The molecule has 2 fully saturated rings. The summed E-state index contributed by atoms with van der Waals surface area (Å²) in [6, 6.07) is 0. The molecule has 0 aromatic rings. The van der Waals surface area contributed by atoms with Gasteiger partial charge in [0.15, 0.2) is 0 Å². The molecule has 74 valence electrons. The monoisotopic (exact) mass is 184 g/mol. The molecule has 2 unspecified atom stereocenters. The van der Waals surface area contributed by atoms with Crippen molar-refractivity contribution in [3.63, 3.8) is 0 Å². The molecule has 1 amide bonds. The van der Waals surface area contributed by atoms with Crippen LogP contribution in [-0.2, 0) is 9.53 Å². The summed E-state index contributed by atoms with van der Waals surface area (Å²) >= 11 is 0. The Morgan fingerprint density at radius 3 is 2.92 bits per heavy atom. The smallest absolute Gasteiger partial charge is 0.246 e. The van der Waals surface area contributed by atoms with Crippen LogP contribution in [0.25, 0.3) is 0 Å². The number of carbonyl (C=O) groups excluding carboxylic acids is 1. The SMILES string of the molecule is O=C1COC(C2CCCNC2)CN1. The highest BCUT2D eigenvalue weighted by atomic mass is 16.5. The van der Waals surface area contributed by atoms with Crippen molar-refractivity contribution in [2.75, 3.05) is 26.2 Å². The number of carbonyl (C=O) groups is 1. The van der Waals surface area contributed by atoms with E-state index < -0.39 is 0 Å². The lowest BCUT2D eigenvalue weighted by atomic mass is 9.93. The van der Waals surface area contributed by atoms with Gasteiger partial charge in [-0.3, -0.25) is 4.79 Å². The van der Waals surface area contributed by atoms with Crippen molar-refractivity contribution in [3.05, 3.63) is 0 Å². The average Bonchev–Trinajstić information content (AvgIpc) is 2.20. The fourth-order valence-corrected chi connectivity index (χ4v) is 2.01. The third-order valence-corrected chi connectivity index (χ3v) is 2.79. The minimum Gasteiger partial charge on any atom is -0.366 e. The van der Waals surface area contributed by atoms with Crippen LogP contribution >= 0.6 is 0 Å². The Labute approximate surface area is 78.0 Å². The first-order valence-electron chi connectivity index (χ1n) is 4.95. The zero-order chi connectivity index (χ0) is 9.10. The summed E-state index contributed by atoms with van der Waals surface area (Å²) in [4.78, 5) is 10.8. The maximum Gasteiger partial charge on any atom is 0.246 e. The van der Waals surface area contributed by atoms with Crippen LogP contribution in [-0.4, -0.2) is 38.3 Å². The Bertz CT molecular complexity index is 180. The molecule has 2 saturated heterocycles. The van der Waals surface area contributed by atoms with Gasteiger partial charge in [-0.15, -0.1) is 0 Å². The second-order valence-corrected chi connectivity index (χ2v) is 3.76. The van der Waals surface area contributed by atoms with Crippen molar-refractivity contribution in [1.29, 1.82) is 0 Å². The lowest BCUT2D eigenvalue weighted by Gasteiger charge is -2.33. The standard InChI is InChI=1S/C9H16N2O2/c12-9-6-13-8(5-11-9)7-2-1-3-10-4-7/h7-8,10H,1-6H2,(H,11,12). The Morgan fingerprint density at radius 1 is 1.38 bits per heavy atom. The fraction of sp³-hybridized carbons (Fsp3) is 0.889. The Morgan fingerprint density at radius 2 is 2.31 bits per heavy atom. The van der Waals surface area contributed by atoms with E-state index in [1.807, 2.05) is 0 Å². The molecule has 2 atom stereocenters. The number of hydrogen-bond donors (Lipinski definition) is 2. The van der Waals surface area contributed by atoms with Crippen LogP contribution in [0.4, 0.5) is 0 Å². The maximum atomic E-state index is 10.8. The molecule has 2 heterocycles. The third-order valence-electron chi connectivity index (χ3n) is 2.79. The van der Waals surface area contributed by atoms with E-state index in [9.17, 15) is 4.79 Å². The number of amides is 1. The van der Waals surface area contributed by atoms with Gasteiger partial charge in [-0.1, -0.05) is 0 Å². The van der Waals surface area contributed by atoms with Gasteiger partial charge in [0.1, 0.15) is 6.61 Å². The number of rotatable bonds is 1. The number of hydrogen-bond acceptors (Lipinski definition) is 3. The van der Waals surface area contributed by atoms with Gasteiger partial charge >= 0.3 is 0 Å². The van der Waals surface area contributed by atoms with Crippen molar-refractivity contribution in [2.45, 2.75) is 18.9 Å². The third kappa shape index (κ3) is 2.19. The second kappa shape index (κ2) is 4.07. The minimum absolute atomic E-state index is 0.0139. The molecule has 0 aliphatic carbocycles. The number of ether oxygens (including phenoxy) is 1. The molecular weight excluding hydrogens is 168 g/mol. The molecular formula is C9H16N2O2. The summed E-state index contributed by atoms with van der Waals surface area (Å²) in [5, 5.41) is 6.19. The van der Waals surface area contributed by atoms with Crippen LogP contribution < -0.4 is 10.6 Å². The van der Waals surface area contributed by atoms with Gasteiger partial charge in [-0.05, 0) is 25.3 Å². The average molecular weight is 184 g/mol. The zero-order valence-corrected chi connectivity index (χ0v) is 7.71. The lowest BCUT2D eigenvalue weighted by molar-refractivity contribution is -0.135. The van der Waals surface area contributed by atoms with E-state index in [4.69, 9.17) is 4.74 Å². The Hall–Kier alpha value is -0.610. The summed E-state index contributed by atoms with van der Waals surface area (Å²) in [5.74, 6) is 0.592. The van der Waals surface area contributed by atoms with Crippen LogP contribution in [0.3, 0.4) is 0 Å². The summed E-state index contributed by atoms with van der Waals surface area (Å²) < 4.78 is 5.48. The molecule has 0 radical (unpaired) electrons. The quantitative estimate of drug-likeness (QED) is 0.577. The highest BCUT2D eigenvalue weighted by molar-refractivity contribution is 5.77. The van der Waals surface area contributed by atoms with Crippen molar-refractivity contribution in [1.82, 2.24) is 10.6 Å². The molecule has 4 heteroatoms. The van der Waals surface area contributed by atoms with Gasteiger partial charge in [-0.2, -0.15) is 0 Å². The first-order valence-corrected chi connectivity index (χ1v) is 4.95. The zero-order valence-electron chi connectivity index (χ0n) is 7.71. The van der Waals surface area contributed by atoms with Gasteiger partial charge < -0.3 is 15.4 Å².